The molecule has 94 valence electrons. The van der Waals surface area contributed by atoms with Crippen LogP contribution in [0.1, 0.15) is 26.6 Å². The predicted molar refractivity (Wildman–Crippen MR) is 70.7 cm³/mol. The highest BCUT2D eigenvalue weighted by Crippen LogP contribution is 2.17. The van der Waals surface area contributed by atoms with Crippen molar-refractivity contribution >= 4 is 21.1 Å². The van der Waals surface area contributed by atoms with Crippen molar-refractivity contribution < 1.29 is 8.42 Å². The monoisotopic (exact) mass is 254 g/mol. The Labute approximate surface area is 102 Å². The van der Waals surface area contributed by atoms with E-state index in [9.17, 15) is 8.42 Å². The van der Waals surface area contributed by atoms with E-state index >= 15 is 0 Å². The van der Waals surface area contributed by atoms with Crippen LogP contribution in [0.15, 0.2) is 24.3 Å². The summed E-state index contributed by atoms with van der Waals surface area (Å²) >= 11 is 0. The average molecular weight is 254 g/mol. The number of hydrogen-bond acceptors (Lipinski definition) is 3. The number of benzene rings is 1. The Bertz CT molecular complexity index is 600. The fraction of sp³-hybridized carbons (Fsp3) is 0.417. The lowest BCUT2D eigenvalue weighted by Gasteiger charge is -2.03. The number of hydrogen-bond donors (Lipinski definition) is 0. The molecule has 17 heavy (non-hydrogen) atoms. The van der Waals surface area contributed by atoms with Crippen LogP contribution in [0, 0.1) is 0 Å². The SMILES string of the molecule is CC.CCc1nc2ccccc2n1S(C)(=O)=O. The summed E-state index contributed by atoms with van der Waals surface area (Å²) in [5.41, 5.74) is 1.37. The predicted octanol–water partition coefficient (Wildman–Crippen LogP) is 2.43. The lowest BCUT2D eigenvalue weighted by Crippen LogP contribution is -2.13. The van der Waals surface area contributed by atoms with E-state index in [1.54, 1.807) is 6.07 Å². The lowest BCUT2D eigenvalue weighted by atomic mass is 10.3. The minimum atomic E-state index is -3.27. The summed E-state index contributed by atoms with van der Waals surface area (Å²) in [4.78, 5) is 4.28. The molecule has 0 radical (unpaired) electrons. The van der Waals surface area contributed by atoms with Gasteiger partial charge in [-0.3, -0.25) is 0 Å². The molecule has 2 aromatic rings. The number of aryl methyl sites for hydroxylation is 1. The summed E-state index contributed by atoms with van der Waals surface area (Å²) in [5.74, 6) is 0.582. The van der Waals surface area contributed by atoms with Crippen LogP contribution >= 0.6 is 0 Å². The first-order valence-electron chi connectivity index (χ1n) is 5.71. The van der Waals surface area contributed by atoms with E-state index in [-0.39, 0.29) is 0 Å². The second kappa shape index (κ2) is 5.31. The number of para-hydroxylation sites is 2. The van der Waals surface area contributed by atoms with Crippen molar-refractivity contribution in [2.24, 2.45) is 0 Å². The first kappa shape index (κ1) is 13.7. The zero-order chi connectivity index (χ0) is 13.1. The van der Waals surface area contributed by atoms with Gasteiger partial charge in [-0.25, -0.2) is 17.4 Å². The lowest BCUT2D eigenvalue weighted by molar-refractivity contribution is 0.592. The normalized spacial score (nSPS) is 11.1. The van der Waals surface area contributed by atoms with E-state index in [1.807, 2.05) is 39.0 Å². The second-order valence-corrected chi connectivity index (χ2v) is 5.23. The molecule has 0 aliphatic carbocycles. The smallest absolute Gasteiger partial charge is 0.232 e. The molecule has 0 bridgehead atoms. The van der Waals surface area contributed by atoms with Gasteiger partial charge in [0.15, 0.2) is 0 Å². The second-order valence-electron chi connectivity index (χ2n) is 3.40. The van der Waals surface area contributed by atoms with Gasteiger partial charge in [0.1, 0.15) is 5.82 Å². The zero-order valence-corrected chi connectivity index (χ0v) is 11.5. The molecule has 0 aliphatic heterocycles. The van der Waals surface area contributed by atoms with Crippen molar-refractivity contribution in [3.8, 4) is 0 Å². The molecule has 1 aromatic carbocycles. The van der Waals surface area contributed by atoms with Crippen LogP contribution in [-0.4, -0.2) is 23.6 Å². The third-order valence-corrected chi connectivity index (χ3v) is 3.30. The molecule has 2 rings (SSSR count). The van der Waals surface area contributed by atoms with Gasteiger partial charge in [-0.05, 0) is 12.1 Å². The summed E-state index contributed by atoms with van der Waals surface area (Å²) < 4.78 is 24.5. The molecule has 0 N–H and O–H groups in total. The van der Waals surface area contributed by atoms with Gasteiger partial charge in [0.25, 0.3) is 0 Å². The van der Waals surface area contributed by atoms with Gasteiger partial charge in [0.2, 0.25) is 10.0 Å². The van der Waals surface area contributed by atoms with Crippen LogP contribution in [0.5, 0.6) is 0 Å². The molecular weight excluding hydrogens is 236 g/mol. The van der Waals surface area contributed by atoms with Crippen molar-refractivity contribution in [1.29, 1.82) is 0 Å². The fourth-order valence-electron chi connectivity index (χ4n) is 1.65. The van der Waals surface area contributed by atoms with E-state index in [4.69, 9.17) is 0 Å². The van der Waals surface area contributed by atoms with Crippen molar-refractivity contribution in [2.45, 2.75) is 27.2 Å². The minimum Gasteiger partial charge on any atom is -0.232 e. The van der Waals surface area contributed by atoms with Crippen LogP contribution < -0.4 is 0 Å². The van der Waals surface area contributed by atoms with Crippen LogP contribution in [0.4, 0.5) is 0 Å². The molecular formula is C12H18N2O2S. The Morgan fingerprint density at radius 3 is 2.35 bits per heavy atom. The molecule has 0 fully saturated rings. The first-order valence-corrected chi connectivity index (χ1v) is 7.55. The van der Waals surface area contributed by atoms with Crippen LogP contribution in [0.2, 0.25) is 0 Å². The Balaban J connectivity index is 0.000000686. The molecule has 0 unspecified atom stereocenters. The molecule has 0 aliphatic rings. The fourth-order valence-corrected chi connectivity index (χ4v) is 2.71. The van der Waals surface area contributed by atoms with Crippen LogP contribution in [-0.2, 0) is 16.4 Å². The summed E-state index contributed by atoms with van der Waals surface area (Å²) in [6, 6.07) is 7.24. The topological polar surface area (TPSA) is 52.0 Å². The van der Waals surface area contributed by atoms with Crippen molar-refractivity contribution in [3.63, 3.8) is 0 Å². The highest BCUT2D eigenvalue weighted by Gasteiger charge is 2.15. The van der Waals surface area contributed by atoms with E-state index in [0.29, 0.717) is 17.8 Å². The van der Waals surface area contributed by atoms with E-state index in [0.717, 1.165) is 5.52 Å². The molecule has 0 spiro atoms. The summed E-state index contributed by atoms with van der Waals surface area (Å²) in [5, 5.41) is 0. The van der Waals surface area contributed by atoms with E-state index in [2.05, 4.69) is 4.98 Å². The molecule has 5 heteroatoms. The quantitative estimate of drug-likeness (QED) is 0.827. The first-order chi connectivity index (χ1) is 8.04. The summed E-state index contributed by atoms with van der Waals surface area (Å²) in [6.07, 6.45) is 1.79. The molecule has 4 nitrogen and oxygen atoms in total. The van der Waals surface area contributed by atoms with Crippen LogP contribution in [0.25, 0.3) is 11.0 Å². The molecule has 1 aromatic heterocycles. The van der Waals surface area contributed by atoms with Gasteiger partial charge in [0, 0.05) is 6.42 Å². The molecule has 1 heterocycles. The summed E-state index contributed by atoms with van der Waals surface area (Å²) in [7, 11) is -3.27. The number of fused-ring (bicyclic) bond motifs is 1. The van der Waals surface area contributed by atoms with E-state index < -0.39 is 10.0 Å². The third kappa shape index (κ3) is 2.66. The van der Waals surface area contributed by atoms with Crippen molar-refractivity contribution in [2.75, 3.05) is 6.26 Å². The summed E-state index contributed by atoms with van der Waals surface area (Å²) in [6.45, 7) is 5.89. The standard InChI is InChI=1S/C10H12N2O2S.C2H6/c1-3-10-11-8-6-4-5-7-9(8)12(10)15(2,13)14;1-2/h4-7H,3H2,1-2H3;1-2H3. The Hall–Kier alpha value is -1.36. The molecule has 0 atom stereocenters. The number of rotatable bonds is 2. The molecule has 0 amide bonds. The average Bonchev–Trinajstić information content (AvgIpc) is 2.69. The largest absolute Gasteiger partial charge is 0.237 e. The van der Waals surface area contributed by atoms with Crippen molar-refractivity contribution in [1.82, 2.24) is 8.96 Å². The Kier molecular flexibility index (Phi) is 4.28. The van der Waals surface area contributed by atoms with Crippen LogP contribution in [0.3, 0.4) is 0 Å². The molecule has 0 saturated heterocycles. The maximum Gasteiger partial charge on any atom is 0.237 e. The molecule has 0 saturated carbocycles. The number of aromatic nitrogens is 2. The number of nitrogens with zero attached hydrogens (tertiary/aromatic N) is 2. The Morgan fingerprint density at radius 2 is 1.82 bits per heavy atom. The minimum absolute atomic E-state index is 0.582. The van der Waals surface area contributed by atoms with Crippen molar-refractivity contribution in [3.05, 3.63) is 30.1 Å². The number of imidazole rings is 1. The van der Waals surface area contributed by atoms with Gasteiger partial charge < -0.3 is 0 Å². The highest BCUT2D eigenvalue weighted by atomic mass is 32.2. The van der Waals surface area contributed by atoms with Gasteiger partial charge in [0.05, 0.1) is 17.3 Å². The third-order valence-electron chi connectivity index (χ3n) is 2.23. The maximum atomic E-state index is 11.6. The van der Waals surface area contributed by atoms with Gasteiger partial charge in [-0.15, -0.1) is 0 Å². The highest BCUT2D eigenvalue weighted by molar-refractivity contribution is 7.89. The van der Waals surface area contributed by atoms with Gasteiger partial charge >= 0.3 is 0 Å². The maximum absolute atomic E-state index is 11.6. The van der Waals surface area contributed by atoms with E-state index in [1.165, 1.54) is 10.2 Å². The van der Waals surface area contributed by atoms with Gasteiger partial charge in [-0.1, -0.05) is 32.9 Å². The Morgan fingerprint density at radius 1 is 1.24 bits per heavy atom. The zero-order valence-electron chi connectivity index (χ0n) is 10.6. The van der Waals surface area contributed by atoms with Gasteiger partial charge in [-0.2, -0.15) is 0 Å².